The molecule has 0 aliphatic rings. The summed E-state index contributed by atoms with van der Waals surface area (Å²) in [5, 5.41) is 8.81. The van der Waals surface area contributed by atoms with E-state index in [9.17, 15) is 4.39 Å². The van der Waals surface area contributed by atoms with E-state index in [1.54, 1.807) is 12.1 Å². The third-order valence-electron chi connectivity index (χ3n) is 1.82. The van der Waals surface area contributed by atoms with Gasteiger partial charge in [-0.1, -0.05) is 41.3 Å². The van der Waals surface area contributed by atoms with Crippen LogP contribution in [0, 0.1) is 12.7 Å². The van der Waals surface area contributed by atoms with E-state index in [4.69, 9.17) is 0 Å². The second kappa shape index (κ2) is 4.72. The van der Waals surface area contributed by atoms with Crippen molar-refractivity contribution in [2.24, 2.45) is 0 Å². The summed E-state index contributed by atoms with van der Waals surface area (Å²) in [6.07, 6.45) is 0. The van der Waals surface area contributed by atoms with E-state index >= 15 is 0 Å². The zero-order valence-corrected chi connectivity index (χ0v) is 9.74. The lowest BCUT2D eigenvalue weighted by Gasteiger charge is -1.99. The molecule has 15 heavy (non-hydrogen) atoms. The molecule has 1 aromatic heterocycles. The fourth-order valence-corrected chi connectivity index (χ4v) is 2.89. The summed E-state index contributed by atoms with van der Waals surface area (Å²) in [5.74, 6) is 0.438. The van der Waals surface area contributed by atoms with Crippen molar-refractivity contribution in [2.75, 3.05) is 0 Å². The van der Waals surface area contributed by atoms with Crippen LogP contribution < -0.4 is 0 Å². The van der Waals surface area contributed by atoms with Crippen molar-refractivity contribution >= 4 is 23.1 Å². The monoisotopic (exact) mass is 240 g/mol. The van der Waals surface area contributed by atoms with Crippen LogP contribution in [0.4, 0.5) is 4.39 Å². The van der Waals surface area contributed by atoms with Gasteiger partial charge in [0.1, 0.15) is 10.8 Å². The molecule has 2 rings (SSSR count). The zero-order valence-electron chi connectivity index (χ0n) is 8.11. The molecule has 0 spiro atoms. The van der Waals surface area contributed by atoms with Crippen molar-refractivity contribution < 1.29 is 4.39 Å². The topological polar surface area (TPSA) is 25.8 Å². The fourth-order valence-electron chi connectivity index (χ4n) is 1.09. The normalized spacial score (nSPS) is 10.5. The van der Waals surface area contributed by atoms with Crippen molar-refractivity contribution in [3.8, 4) is 0 Å². The first-order valence-corrected chi connectivity index (χ1v) is 6.22. The highest BCUT2D eigenvalue weighted by molar-refractivity contribution is 8.00. The van der Waals surface area contributed by atoms with Gasteiger partial charge < -0.3 is 0 Å². The van der Waals surface area contributed by atoms with Gasteiger partial charge in [0.25, 0.3) is 0 Å². The van der Waals surface area contributed by atoms with Crippen LogP contribution in [0.25, 0.3) is 0 Å². The number of hydrogen-bond donors (Lipinski definition) is 0. The third-order valence-corrected chi connectivity index (χ3v) is 3.84. The quantitative estimate of drug-likeness (QED) is 0.770. The maximum Gasteiger partial charge on any atom is 0.174 e. The number of hydrogen-bond acceptors (Lipinski definition) is 4. The smallest absolute Gasteiger partial charge is 0.174 e. The first-order valence-electron chi connectivity index (χ1n) is 4.42. The number of aryl methyl sites for hydroxylation is 1. The Morgan fingerprint density at radius 3 is 2.80 bits per heavy atom. The zero-order chi connectivity index (χ0) is 10.7. The number of aromatic nitrogens is 2. The Morgan fingerprint density at radius 2 is 2.13 bits per heavy atom. The van der Waals surface area contributed by atoms with Gasteiger partial charge in [0.2, 0.25) is 0 Å². The van der Waals surface area contributed by atoms with E-state index in [1.165, 1.54) is 29.2 Å². The Balaban J connectivity index is 2.02. The lowest BCUT2D eigenvalue weighted by atomic mass is 10.2. The van der Waals surface area contributed by atoms with Gasteiger partial charge in [0.05, 0.1) is 0 Å². The highest BCUT2D eigenvalue weighted by atomic mass is 32.2. The molecular weight excluding hydrogens is 231 g/mol. The maximum atomic E-state index is 13.3. The number of thioether (sulfide) groups is 1. The Bertz CT molecular complexity index is 456. The fraction of sp³-hybridized carbons (Fsp3) is 0.200. The van der Waals surface area contributed by atoms with Crippen LogP contribution in [0.5, 0.6) is 0 Å². The molecule has 0 aliphatic heterocycles. The predicted molar refractivity (Wildman–Crippen MR) is 60.6 cm³/mol. The Kier molecular flexibility index (Phi) is 3.33. The van der Waals surface area contributed by atoms with Crippen LogP contribution >= 0.6 is 23.1 Å². The second-order valence-corrected chi connectivity index (χ2v) is 5.37. The molecule has 0 saturated carbocycles. The Labute approximate surface area is 95.6 Å². The van der Waals surface area contributed by atoms with Crippen molar-refractivity contribution in [1.29, 1.82) is 0 Å². The van der Waals surface area contributed by atoms with Gasteiger partial charge in [0.15, 0.2) is 4.34 Å². The Morgan fingerprint density at radius 1 is 1.33 bits per heavy atom. The second-order valence-electron chi connectivity index (χ2n) is 2.97. The maximum absolute atomic E-state index is 13.3. The SMILES string of the molecule is Cc1nnc(SCc2ccccc2F)s1. The summed E-state index contributed by atoms with van der Waals surface area (Å²) in [6, 6.07) is 6.79. The van der Waals surface area contributed by atoms with Crippen LogP contribution in [0.1, 0.15) is 10.6 Å². The molecular formula is C10H9FN2S2. The third kappa shape index (κ3) is 2.76. The van der Waals surface area contributed by atoms with Gasteiger partial charge in [-0.15, -0.1) is 10.2 Å². The van der Waals surface area contributed by atoms with E-state index in [1.807, 2.05) is 13.0 Å². The van der Waals surface area contributed by atoms with Gasteiger partial charge in [-0.25, -0.2) is 4.39 Å². The Hall–Kier alpha value is -0.940. The van der Waals surface area contributed by atoms with E-state index in [0.29, 0.717) is 11.3 Å². The van der Waals surface area contributed by atoms with Gasteiger partial charge >= 0.3 is 0 Å². The van der Waals surface area contributed by atoms with Crippen LogP contribution in [0.2, 0.25) is 0 Å². The van der Waals surface area contributed by atoms with Crippen LogP contribution in [0.15, 0.2) is 28.6 Å². The molecule has 0 fully saturated rings. The molecule has 2 nitrogen and oxygen atoms in total. The minimum Gasteiger partial charge on any atom is -0.207 e. The minimum absolute atomic E-state index is 0.161. The van der Waals surface area contributed by atoms with Crippen molar-refractivity contribution in [1.82, 2.24) is 10.2 Å². The van der Waals surface area contributed by atoms with Crippen LogP contribution in [-0.4, -0.2) is 10.2 Å². The predicted octanol–water partition coefficient (Wildman–Crippen LogP) is 3.28. The highest BCUT2D eigenvalue weighted by Crippen LogP contribution is 2.26. The lowest BCUT2D eigenvalue weighted by Crippen LogP contribution is -1.85. The number of benzene rings is 1. The molecule has 78 valence electrons. The molecule has 0 bridgehead atoms. The molecule has 1 heterocycles. The molecule has 0 atom stereocenters. The standard InChI is InChI=1S/C10H9FN2S2/c1-7-12-13-10(15-7)14-6-8-4-2-3-5-9(8)11/h2-5H,6H2,1H3. The highest BCUT2D eigenvalue weighted by Gasteiger charge is 2.04. The molecule has 2 aromatic rings. The van der Waals surface area contributed by atoms with E-state index in [2.05, 4.69) is 10.2 Å². The molecule has 5 heteroatoms. The number of rotatable bonds is 3. The summed E-state index contributed by atoms with van der Waals surface area (Å²) in [7, 11) is 0. The van der Waals surface area contributed by atoms with Crippen LogP contribution in [0.3, 0.4) is 0 Å². The largest absolute Gasteiger partial charge is 0.207 e. The van der Waals surface area contributed by atoms with Crippen molar-refractivity contribution in [2.45, 2.75) is 17.0 Å². The average Bonchev–Trinajstić information content (AvgIpc) is 2.63. The number of nitrogens with zero attached hydrogens (tertiary/aromatic N) is 2. The number of halogens is 1. The first kappa shape index (κ1) is 10.6. The van der Waals surface area contributed by atoms with Gasteiger partial charge in [0, 0.05) is 5.75 Å². The summed E-state index contributed by atoms with van der Waals surface area (Å²) in [5.41, 5.74) is 0.704. The van der Waals surface area contributed by atoms with Crippen molar-refractivity contribution in [3.05, 3.63) is 40.7 Å². The summed E-state index contributed by atoms with van der Waals surface area (Å²) < 4.78 is 14.1. The summed E-state index contributed by atoms with van der Waals surface area (Å²) in [4.78, 5) is 0. The molecule has 0 unspecified atom stereocenters. The summed E-state index contributed by atoms with van der Waals surface area (Å²) in [6.45, 7) is 1.91. The van der Waals surface area contributed by atoms with E-state index in [0.717, 1.165) is 9.35 Å². The molecule has 0 radical (unpaired) electrons. The molecule has 1 aromatic carbocycles. The molecule has 0 saturated heterocycles. The average molecular weight is 240 g/mol. The minimum atomic E-state index is -0.161. The lowest BCUT2D eigenvalue weighted by molar-refractivity contribution is 0.617. The van der Waals surface area contributed by atoms with Gasteiger partial charge in [-0.2, -0.15) is 0 Å². The van der Waals surface area contributed by atoms with Crippen LogP contribution in [-0.2, 0) is 5.75 Å². The molecule has 0 aliphatic carbocycles. The molecule has 0 amide bonds. The van der Waals surface area contributed by atoms with E-state index in [-0.39, 0.29) is 5.82 Å². The van der Waals surface area contributed by atoms with E-state index < -0.39 is 0 Å². The first-order chi connectivity index (χ1) is 7.25. The van der Waals surface area contributed by atoms with Gasteiger partial charge in [-0.05, 0) is 18.6 Å². The van der Waals surface area contributed by atoms with Crippen molar-refractivity contribution in [3.63, 3.8) is 0 Å². The molecule has 0 N–H and O–H groups in total. The van der Waals surface area contributed by atoms with Gasteiger partial charge in [-0.3, -0.25) is 0 Å². The summed E-state index contributed by atoms with van der Waals surface area (Å²) >= 11 is 3.04.